The van der Waals surface area contributed by atoms with Crippen LogP contribution in [0.25, 0.3) is 0 Å². The molecule has 84 heavy (non-hydrogen) atoms. The summed E-state index contributed by atoms with van der Waals surface area (Å²) in [5.41, 5.74) is 0. The Bertz CT molecular complexity index is 1930. The van der Waals surface area contributed by atoms with Crippen LogP contribution in [0, 0.1) is 0 Å². The Balaban J connectivity index is 3.60. The topological polar surface area (TPSA) is 72.8 Å². The van der Waals surface area contributed by atoms with Crippen LogP contribution in [0.1, 0.15) is 271 Å². The number of carbonyl (C=O) groups excluding carboxylic acids is 2. The Morgan fingerprint density at radius 1 is 0.274 bits per heavy atom. The molecule has 0 aromatic heterocycles. The molecule has 0 aromatic rings. The molecule has 1 atom stereocenters. The molecule has 0 fully saturated rings. The van der Waals surface area contributed by atoms with Gasteiger partial charge in [0.15, 0.2) is 6.10 Å². The summed E-state index contributed by atoms with van der Waals surface area (Å²) in [6, 6.07) is 0. The molecule has 0 bridgehead atoms. The molecule has 0 rings (SSSR count). The molecule has 1 unspecified atom stereocenters. The van der Waals surface area contributed by atoms with Gasteiger partial charge in [0, 0.05) is 12.8 Å². The first-order valence-electron chi connectivity index (χ1n) is 34.0. The number of aliphatic hydroxyl groups excluding tert-OH is 1. The lowest BCUT2D eigenvalue weighted by atomic mass is 10.0. The number of carbonyl (C=O) groups is 2. The van der Waals surface area contributed by atoms with E-state index in [9.17, 15) is 14.7 Å². The van der Waals surface area contributed by atoms with Gasteiger partial charge in [-0.2, -0.15) is 0 Å². The molecule has 0 aliphatic heterocycles. The molecule has 0 aromatic carbocycles. The average molecular weight is 1150 g/mol. The highest BCUT2D eigenvalue weighted by Gasteiger charge is 2.16. The van der Waals surface area contributed by atoms with E-state index in [-0.39, 0.29) is 31.6 Å². The Kier molecular flexibility index (Phi) is 67.5. The summed E-state index contributed by atoms with van der Waals surface area (Å²) >= 11 is 0. The third kappa shape index (κ3) is 69.2. The Hall–Kier alpha value is -5.26. The van der Waals surface area contributed by atoms with Gasteiger partial charge in [0.25, 0.3) is 0 Å². The van der Waals surface area contributed by atoms with Crippen molar-refractivity contribution in [3.63, 3.8) is 0 Å². The molecule has 1 N–H and O–H groups in total. The van der Waals surface area contributed by atoms with Gasteiger partial charge in [-0.3, -0.25) is 9.59 Å². The van der Waals surface area contributed by atoms with Gasteiger partial charge >= 0.3 is 11.9 Å². The molecule has 5 nitrogen and oxygen atoms in total. The highest BCUT2D eigenvalue weighted by atomic mass is 16.6. The van der Waals surface area contributed by atoms with Crippen LogP contribution < -0.4 is 0 Å². The van der Waals surface area contributed by atoms with E-state index in [0.717, 1.165) is 135 Å². The third-order valence-corrected chi connectivity index (χ3v) is 13.9. The molecule has 0 aliphatic rings. The van der Waals surface area contributed by atoms with Crippen molar-refractivity contribution in [2.75, 3.05) is 13.2 Å². The molecule has 0 heterocycles. The Labute approximate surface area is 518 Å². The lowest BCUT2D eigenvalue weighted by Gasteiger charge is -2.15. The van der Waals surface area contributed by atoms with E-state index >= 15 is 0 Å². The van der Waals surface area contributed by atoms with Gasteiger partial charge in [0.05, 0.1) is 6.61 Å². The van der Waals surface area contributed by atoms with Crippen LogP contribution >= 0.6 is 0 Å². The number of hydrogen-bond acceptors (Lipinski definition) is 5. The van der Waals surface area contributed by atoms with Crippen LogP contribution in [0.4, 0.5) is 0 Å². The zero-order valence-electron chi connectivity index (χ0n) is 53.8. The predicted molar refractivity (Wildman–Crippen MR) is 370 cm³/mol. The number of unbranched alkanes of at least 4 members (excludes halogenated alkanes) is 20. The fourth-order valence-electron chi connectivity index (χ4n) is 8.88. The van der Waals surface area contributed by atoms with Gasteiger partial charge < -0.3 is 14.6 Å². The van der Waals surface area contributed by atoms with Crippen LogP contribution in [0.3, 0.4) is 0 Å². The summed E-state index contributed by atoms with van der Waals surface area (Å²) in [6.45, 7) is 3.88. The minimum Gasteiger partial charge on any atom is -0.462 e. The first-order valence-corrected chi connectivity index (χ1v) is 34.0. The highest BCUT2D eigenvalue weighted by molar-refractivity contribution is 5.70. The molecule has 0 aliphatic carbocycles. The number of aliphatic hydroxyl groups is 1. The lowest BCUT2D eigenvalue weighted by molar-refractivity contribution is -0.161. The normalized spacial score (nSPS) is 13.5. The first kappa shape index (κ1) is 78.7. The average Bonchev–Trinajstić information content (AvgIpc) is 3.51. The predicted octanol–water partition coefficient (Wildman–Crippen LogP) is 24.0. The molecule has 0 spiro atoms. The van der Waals surface area contributed by atoms with Crippen molar-refractivity contribution < 1.29 is 24.2 Å². The second-order valence-electron chi connectivity index (χ2n) is 21.8. The van der Waals surface area contributed by atoms with E-state index in [2.05, 4.69) is 208 Å². The molecular weight excluding hydrogens is 1030 g/mol. The summed E-state index contributed by atoms with van der Waals surface area (Å²) in [6.07, 6.45) is 114. The van der Waals surface area contributed by atoms with Crippen molar-refractivity contribution in [1.29, 1.82) is 0 Å². The number of hydrogen-bond donors (Lipinski definition) is 1. The number of allylic oxidation sites excluding steroid dienone is 32. The Morgan fingerprint density at radius 2 is 0.476 bits per heavy atom. The van der Waals surface area contributed by atoms with Crippen LogP contribution in [0.2, 0.25) is 0 Å². The van der Waals surface area contributed by atoms with E-state index in [0.29, 0.717) is 12.8 Å². The molecular formula is C79H124O5. The largest absolute Gasteiger partial charge is 0.462 e. The van der Waals surface area contributed by atoms with Gasteiger partial charge in [-0.05, 0) is 141 Å². The molecule has 0 saturated heterocycles. The zero-order chi connectivity index (χ0) is 60.5. The van der Waals surface area contributed by atoms with E-state index in [1.165, 1.54) is 103 Å². The van der Waals surface area contributed by atoms with Crippen molar-refractivity contribution >= 4 is 11.9 Å². The van der Waals surface area contributed by atoms with E-state index < -0.39 is 6.10 Å². The van der Waals surface area contributed by atoms with Crippen LogP contribution in [-0.2, 0) is 19.1 Å². The second-order valence-corrected chi connectivity index (χ2v) is 21.8. The van der Waals surface area contributed by atoms with E-state index in [1.807, 2.05) is 0 Å². The molecule has 0 radical (unpaired) electrons. The van der Waals surface area contributed by atoms with Crippen molar-refractivity contribution in [1.82, 2.24) is 0 Å². The fourth-order valence-corrected chi connectivity index (χ4v) is 8.88. The molecule has 470 valence electrons. The maximum absolute atomic E-state index is 12.3. The number of ether oxygens (including phenoxy) is 2. The molecule has 5 heteroatoms. The van der Waals surface area contributed by atoms with Crippen LogP contribution in [-0.4, -0.2) is 36.4 Å². The number of rotatable bonds is 60. The van der Waals surface area contributed by atoms with Crippen molar-refractivity contribution in [2.24, 2.45) is 0 Å². The van der Waals surface area contributed by atoms with Crippen LogP contribution in [0.5, 0.6) is 0 Å². The van der Waals surface area contributed by atoms with E-state index in [4.69, 9.17) is 9.47 Å². The molecule has 0 amide bonds. The van der Waals surface area contributed by atoms with Gasteiger partial charge in [0.2, 0.25) is 0 Å². The monoisotopic (exact) mass is 1150 g/mol. The summed E-state index contributed by atoms with van der Waals surface area (Å²) < 4.78 is 10.7. The van der Waals surface area contributed by atoms with Gasteiger partial charge in [-0.1, -0.05) is 311 Å². The quantitative estimate of drug-likeness (QED) is 0.0373. The maximum Gasteiger partial charge on any atom is 0.306 e. The summed E-state index contributed by atoms with van der Waals surface area (Å²) in [5, 5.41) is 9.69. The smallest absolute Gasteiger partial charge is 0.306 e. The zero-order valence-corrected chi connectivity index (χ0v) is 53.8. The molecule has 0 saturated carbocycles. The van der Waals surface area contributed by atoms with Crippen molar-refractivity contribution in [3.8, 4) is 0 Å². The highest BCUT2D eigenvalue weighted by Crippen LogP contribution is 2.16. The first-order chi connectivity index (χ1) is 41.6. The number of esters is 2. The van der Waals surface area contributed by atoms with E-state index in [1.54, 1.807) is 0 Å². The van der Waals surface area contributed by atoms with Crippen LogP contribution in [0.15, 0.2) is 194 Å². The maximum atomic E-state index is 12.3. The summed E-state index contributed by atoms with van der Waals surface area (Å²) in [4.78, 5) is 24.6. The second kappa shape index (κ2) is 72.0. The Morgan fingerprint density at radius 3 is 0.738 bits per heavy atom. The van der Waals surface area contributed by atoms with Gasteiger partial charge in [0.1, 0.15) is 6.61 Å². The summed E-state index contributed by atoms with van der Waals surface area (Å²) in [5.74, 6) is -0.649. The van der Waals surface area contributed by atoms with Gasteiger partial charge in [-0.25, -0.2) is 0 Å². The summed E-state index contributed by atoms with van der Waals surface area (Å²) in [7, 11) is 0. The van der Waals surface area contributed by atoms with Gasteiger partial charge in [-0.15, -0.1) is 0 Å². The van der Waals surface area contributed by atoms with Crippen molar-refractivity contribution in [2.45, 2.75) is 277 Å². The minimum absolute atomic E-state index is 0.0940. The fraction of sp³-hybridized carbons (Fsp3) is 0.570. The SMILES string of the molecule is CC/C=C\C/C=C\C/C=C\C/C=C\C/C=C\C/C=C\C/C=C\C/C=C\C/C=C\C/C=C\CCCCC(=O)OC(CO)COC(=O)CCCCCCCCCCCCCCCCCCCC/C=C\C/C=C\C/C=C\C/C=C\C/C=C\C/C=C\CC. The minimum atomic E-state index is -0.810. The lowest BCUT2D eigenvalue weighted by Crippen LogP contribution is -2.28. The van der Waals surface area contributed by atoms with Crippen molar-refractivity contribution in [3.05, 3.63) is 194 Å². The standard InChI is InChI=1S/C79H124O5/c1-3-5-7-9-11-13-15-17-19-21-23-25-27-29-31-33-35-37-38-39-40-42-43-45-47-49-51-53-55-57-59-61-63-65-67-69-71-73-78(81)83-76-77(75-80)84-79(82)74-72-70-68-66-64-62-60-58-56-54-52-50-48-46-44-41-36-34-32-30-28-26-24-22-20-18-16-14-12-10-8-6-4-2/h5-8,11-14,17-20,23-26,29-32,35-37,41,46,48,52,54,58,60,64,66,77,80H,3-4,9-10,15-16,21-22,27-28,33-34,38-40,42-45,47,49-51,53,55-57,59,61-63,65,67-76H2,1-2H3/b7-5-,8-6-,13-11-,14-12-,19-17-,20-18-,25-23-,26-24-,31-29-,32-30-,37-35-,41-36-,48-46-,54-52-,60-58-,66-64-. The third-order valence-electron chi connectivity index (χ3n) is 13.9.